The van der Waals surface area contributed by atoms with Gasteiger partial charge in [-0.1, -0.05) is 19.8 Å². The summed E-state index contributed by atoms with van der Waals surface area (Å²) in [6.07, 6.45) is 3.58. The molecule has 0 saturated heterocycles. The Morgan fingerprint density at radius 3 is 2.40 bits per heavy atom. The number of aliphatic carboxylic acids is 1. The molecule has 0 aliphatic heterocycles. The van der Waals surface area contributed by atoms with Crippen molar-refractivity contribution in [1.82, 2.24) is 5.32 Å². The van der Waals surface area contributed by atoms with Crippen molar-refractivity contribution in [2.45, 2.75) is 58.4 Å². The molecule has 1 atom stereocenters. The molecule has 0 bridgehead atoms. The molecule has 6 nitrogen and oxygen atoms in total. The zero-order valence-corrected chi connectivity index (χ0v) is 12.1. The number of rotatable bonds is 7. The van der Waals surface area contributed by atoms with E-state index in [2.05, 4.69) is 5.32 Å². The van der Waals surface area contributed by atoms with Crippen molar-refractivity contribution >= 4 is 17.8 Å². The van der Waals surface area contributed by atoms with Gasteiger partial charge in [0.1, 0.15) is 6.04 Å². The topological polar surface area (TPSA) is 92.7 Å². The van der Waals surface area contributed by atoms with Crippen LogP contribution in [0.2, 0.25) is 0 Å². The van der Waals surface area contributed by atoms with E-state index in [-0.39, 0.29) is 25.4 Å². The molecular formula is C14H23NO5. The van der Waals surface area contributed by atoms with Crippen LogP contribution in [0.5, 0.6) is 0 Å². The van der Waals surface area contributed by atoms with Crippen LogP contribution in [0.3, 0.4) is 0 Å². The lowest BCUT2D eigenvalue weighted by molar-refractivity contribution is -0.146. The number of carbonyl (C=O) groups is 3. The van der Waals surface area contributed by atoms with Crippen LogP contribution >= 0.6 is 0 Å². The molecule has 1 aliphatic rings. The number of hydrogen-bond acceptors (Lipinski definition) is 4. The normalized spacial score (nSPS) is 18.3. The van der Waals surface area contributed by atoms with E-state index in [1.807, 2.05) is 6.92 Å². The average molecular weight is 285 g/mol. The first-order valence-corrected chi connectivity index (χ1v) is 7.08. The van der Waals surface area contributed by atoms with Gasteiger partial charge in [0.15, 0.2) is 0 Å². The fraction of sp³-hybridized carbons (Fsp3) is 0.786. The molecule has 1 amide bonds. The smallest absolute Gasteiger partial charge is 0.326 e. The van der Waals surface area contributed by atoms with Crippen LogP contribution in [0.25, 0.3) is 0 Å². The van der Waals surface area contributed by atoms with Crippen molar-refractivity contribution in [3.05, 3.63) is 0 Å². The molecule has 1 aliphatic carbocycles. The first-order valence-electron chi connectivity index (χ1n) is 7.08. The van der Waals surface area contributed by atoms with E-state index >= 15 is 0 Å². The summed E-state index contributed by atoms with van der Waals surface area (Å²) in [5.74, 6) is -1.80. The fourth-order valence-corrected chi connectivity index (χ4v) is 2.47. The van der Waals surface area contributed by atoms with Crippen molar-refractivity contribution in [3.63, 3.8) is 0 Å². The standard InChI is InChI=1S/C14H23NO5/c1-3-20-11(16)7-6-10(12(17)18)15-13(19)14(2)8-4-5-9-14/h10H,3-9H2,1-2H3,(H,15,19)(H,17,18)/t10-/m0/s1. The number of esters is 1. The van der Waals surface area contributed by atoms with Gasteiger partial charge < -0.3 is 15.2 Å². The van der Waals surface area contributed by atoms with Gasteiger partial charge in [-0.15, -0.1) is 0 Å². The van der Waals surface area contributed by atoms with Crippen LogP contribution in [-0.4, -0.2) is 35.6 Å². The SMILES string of the molecule is CCOC(=O)CC[C@H](NC(=O)C1(C)CCCC1)C(=O)O. The minimum absolute atomic E-state index is 0.0121. The maximum absolute atomic E-state index is 12.2. The Bertz CT molecular complexity index is 374. The van der Waals surface area contributed by atoms with Crippen molar-refractivity contribution in [2.24, 2.45) is 5.41 Å². The van der Waals surface area contributed by atoms with Gasteiger partial charge >= 0.3 is 11.9 Å². The Balaban J connectivity index is 2.52. The molecule has 0 aromatic rings. The molecule has 6 heteroatoms. The molecule has 0 unspecified atom stereocenters. The van der Waals surface area contributed by atoms with E-state index in [1.54, 1.807) is 6.92 Å². The van der Waals surface area contributed by atoms with Gasteiger partial charge in [-0.25, -0.2) is 4.79 Å². The maximum Gasteiger partial charge on any atom is 0.326 e. The third-order valence-electron chi connectivity index (χ3n) is 3.80. The van der Waals surface area contributed by atoms with Crippen molar-refractivity contribution < 1.29 is 24.2 Å². The first kappa shape index (κ1) is 16.5. The molecule has 1 saturated carbocycles. The van der Waals surface area contributed by atoms with Gasteiger partial charge in [-0.2, -0.15) is 0 Å². The van der Waals surface area contributed by atoms with E-state index < -0.39 is 23.4 Å². The quantitative estimate of drug-likeness (QED) is 0.691. The number of carbonyl (C=O) groups excluding carboxylic acids is 2. The molecule has 2 N–H and O–H groups in total. The van der Waals surface area contributed by atoms with Gasteiger partial charge in [-0.3, -0.25) is 9.59 Å². The summed E-state index contributed by atoms with van der Waals surface area (Å²) >= 11 is 0. The zero-order valence-electron chi connectivity index (χ0n) is 12.1. The van der Waals surface area contributed by atoms with Gasteiger partial charge in [0, 0.05) is 11.8 Å². The van der Waals surface area contributed by atoms with E-state index in [9.17, 15) is 14.4 Å². The lowest BCUT2D eigenvalue weighted by Gasteiger charge is -2.25. The van der Waals surface area contributed by atoms with Gasteiger partial charge in [0.2, 0.25) is 5.91 Å². The number of ether oxygens (including phenoxy) is 1. The van der Waals surface area contributed by atoms with Crippen LogP contribution in [0.1, 0.15) is 52.4 Å². The molecule has 0 radical (unpaired) electrons. The molecule has 0 aromatic heterocycles. The molecule has 0 heterocycles. The third kappa shape index (κ3) is 4.51. The predicted molar refractivity (Wildman–Crippen MR) is 72.0 cm³/mol. The molecule has 20 heavy (non-hydrogen) atoms. The summed E-state index contributed by atoms with van der Waals surface area (Å²) in [5.41, 5.74) is -0.475. The van der Waals surface area contributed by atoms with E-state index in [4.69, 9.17) is 9.84 Å². The zero-order chi connectivity index (χ0) is 15.2. The highest BCUT2D eigenvalue weighted by atomic mass is 16.5. The lowest BCUT2D eigenvalue weighted by atomic mass is 9.87. The number of carboxylic acid groups (broad SMARTS) is 1. The van der Waals surface area contributed by atoms with Gasteiger partial charge in [0.05, 0.1) is 6.61 Å². The Morgan fingerprint density at radius 1 is 1.30 bits per heavy atom. The summed E-state index contributed by atoms with van der Waals surface area (Å²) in [6.45, 7) is 3.82. The monoisotopic (exact) mass is 285 g/mol. The van der Waals surface area contributed by atoms with Crippen LogP contribution in [0.4, 0.5) is 0 Å². The predicted octanol–water partition coefficient (Wildman–Crippen LogP) is 1.48. The third-order valence-corrected chi connectivity index (χ3v) is 3.80. The minimum atomic E-state index is -1.12. The van der Waals surface area contributed by atoms with E-state index in [1.165, 1.54) is 0 Å². The van der Waals surface area contributed by atoms with Crippen LogP contribution in [0, 0.1) is 5.41 Å². The van der Waals surface area contributed by atoms with Crippen LogP contribution in [0.15, 0.2) is 0 Å². The van der Waals surface area contributed by atoms with Gasteiger partial charge in [0.25, 0.3) is 0 Å². The molecule has 1 fully saturated rings. The molecular weight excluding hydrogens is 262 g/mol. The summed E-state index contributed by atoms with van der Waals surface area (Å²) in [5, 5.41) is 11.7. The summed E-state index contributed by atoms with van der Waals surface area (Å²) in [6, 6.07) is -1.04. The largest absolute Gasteiger partial charge is 0.480 e. The number of nitrogens with one attached hydrogen (secondary N) is 1. The molecule has 0 aromatic carbocycles. The highest BCUT2D eigenvalue weighted by molar-refractivity contribution is 5.87. The maximum atomic E-state index is 12.2. The van der Waals surface area contributed by atoms with Crippen LogP contribution < -0.4 is 5.32 Å². The summed E-state index contributed by atoms with van der Waals surface area (Å²) in [4.78, 5) is 34.6. The highest BCUT2D eigenvalue weighted by Gasteiger charge is 2.38. The lowest BCUT2D eigenvalue weighted by Crippen LogP contribution is -2.47. The first-order chi connectivity index (χ1) is 9.39. The summed E-state index contributed by atoms with van der Waals surface area (Å²) in [7, 11) is 0. The number of carboxylic acids is 1. The minimum Gasteiger partial charge on any atom is -0.480 e. The highest BCUT2D eigenvalue weighted by Crippen LogP contribution is 2.37. The number of amides is 1. The Morgan fingerprint density at radius 2 is 1.90 bits per heavy atom. The molecule has 0 spiro atoms. The van der Waals surface area contributed by atoms with Crippen molar-refractivity contribution in [2.75, 3.05) is 6.61 Å². The Hall–Kier alpha value is -1.59. The average Bonchev–Trinajstić information content (AvgIpc) is 2.82. The van der Waals surface area contributed by atoms with E-state index in [0.29, 0.717) is 0 Å². The second-order valence-electron chi connectivity index (χ2n) is 5.48. The Kier molecular flexibility index (Phi) is 5.98. The van der Waals surface area contributed by atoms with Crippen molar-refractivity contribution in [3.8, 4) is 0 Å². The van der Waals surface area contributed by atoms with Crippen LogP contribution in [-0.2, 0) is 19.1 Å². The fourth-order valence-electron chi connectivity index (χ4n) is 2.47. The number of hydrogen-bond donors (Lipinski definition) is 2. The van der Waals surface area contributed by atoms with Crippen molar-refractivity contribution in [1.29, 1.82) is 0 Å². The second-order valence-corrected chi connectivity index (χ2v) is 5.48. The molecule has 1 rings (SSSR count). The second kappa shape index (κ2) is 7.26. The van der Waals surface area contributed by atoms with Gasteiger partial charge in [-0.05, 0) is 26.2 Å². The van der Waals surface area contributed by atoms with E-state index in [0.717, 1.165) is 25.7 Å². The summed E-state index contributed by atoms with van der Waals surface area (Å²) < 4.78 is 4.75. The Labute approximate surface area is 118 Å². The molecule has 114 valence electrons.